The zero-order chi connectivity index (χ0) is 13.9. The molecule has 0 bridgehead atoms. The Hall–Kier alpha value is -1.52. The van der Waals surface area contributed by atoms with Crippen LogP contribution >= 0.6 is 0 Å². The van der Waals surface area contributed by atoms with Crippen molar-refractivity contribution in [3.05, 3.63) is 18.2 Å². The molecule has 5 heteroatoms. The van der Waals surface area contributed by atoms with E-state index in [1.165, 1.54) is 6.07 Å². The molecular weight excluding hydrogens is 252 g/mol. The Kier molecular flexibility index (Phi) is 4.12. The topological polar surface area (TPSA) is 30.5 Å². The van der Waals surface area contributed by atoms with Gasteiger partial charge >= 0.3 is 6.29 Å². The summed E-state index contributed by atoms with van der Waals surface area (Å²) in [4.78, 5) is 0. The number of benzene rings is 1. The van der Waals surface area contributed by atoms with E-state index in [0.717, 1.165) is 31.4 Å². The summed E-state index contributed by atoms with van der Waals surface area (Å²) in [5.41, 5.74) is 0.781. The number of anilines is 1. The Labute approximate surface area is 111 Å². The fourth-order valence-electron chi connectivity index (χ4n) is 2.10. The summed E-state index contributed by atoms with van der Waals surface area (Å²) in [7, 11) is 0. The number of unbranched alkanes of at least 4 members (excludes halogenated alkanes) is 1. The Bertz CT molecular complexity index is 437. The van der Waals surface area contributed by atoms with Crippen LogP contribution in [0.25, 0.3) is 0 Å². The third-order valence-corrected chi connectivity index (χ3v) is 3.17. The van der Waals surface area contributed by atoms with Crippen LogP contribution in [0.5, 0.6) is 11.5 Å². The van der Waals surface area contributed by atoms with E-state index in [-0.39, 0.29) is 11.5 Å². The molecule has 1 N–H and O–H groups in total. The van der Waals surface area contributed by atoms with E-state index >= 15 is 0 Å². The molecule has 0 fully saturated rings. The van der Waals surface area contributed by atoms with Gasteiger partial charge in [0.15, 0.2) is 11.5 Å². The highest BCUT2D eigenvalue weighted by molar-refractivity contribution is 5.56. The molecule has 0 saturated heterocycles. The van der Waals surface area contributed by atoms with Gasteiger partial charge in [-0.15, -0.1) is 8.78 Å². The van der Waals surface area contributed by atoms with Crippen LogP contribution < -0.4 is 14.8 Å². The van der Waals surface area contributed by atoms with E-state index in [1.54, 1.807) is 12.1 Å². The summed E-state index contributed by atoms with van der Waals surface area (Å²) in [6, 6.07) is 5.15. The van der Waals surface area contributed by atoms with Gasteiger partial charge in [-0.2, -0.15) is 0 Å². The van der Waals surface area contributed by atoms with Gasteiger partial charge in [-0.1, -0.05) is 26.7 Å². The second-order valence-electron chi connectivity index (χ2n) is 4.72. The molecule has 106 valence electrons. The highest BCUT2D eigenvalue weighted by Gasteiger charge is 2.43. The Morgan fingerprint density at radius 2 is 1.95 bits per heavy atom. The lowest BCUT2D eigenvalue weighted by Crippen LogP contribution is -2.25. The van der Waals surface area contributed by atoms with E-state index in [1.807, 2.05) is 0 Å². The normalized spacial score (nSPS) is 17.3. The summed E-state index contributed by atoms with van der Waals surface area (Å²) in [5, 5.41) is 3.34. The van der Waals surface area contributed by atoms with Gasteiger partial charge in [-0.25, -0.2) is 0 Å². The van der Waals surface area contributed by atoms with E-state index in [9.17, 15) is 8.78 Å². The monoisotopic (exact) mass is 271 g/mol. The number of nitrogens with one attached hydrogen (secondary N) is 1. The smallest absolute Gasteiger partial charge is 0.395 e. The van der Waals surface area contributed by atoms with Crippen molar-refractivity contribution in [3.63, 3.8) is 0 Å². The molecule has 1 aromatic rings. The number of hydrogen-bond acceptors (Lipinski definition) is 3. The van der Waals surface area contributed by atoms with E-state index in [2.05, 4.69) is 28.6 Å². The van der Waals surface area contributed by atoms with Gasteiger partial charge in [0, 0.05) is 17.8 Å². The molecule has 1 aromatic carbocycles. The van der Waals surface area contributed by atoms with Crippen LogP contribution in [0.4, 0.5) is 14.5 Å². The first kappa shape index (κ1) is 13.9. The van der Waals surface area contributed by atoms with E-state index in [0.29, 0.717) is 6.04 Å². The van der Waals surface area contributed by atoms with Crippen LogP contribution in [0.2, 0.25) is 0 Å². The van der Waals surface area contributed by atoms with Crippen LogP contribution in [-0.4, -0.2) is 12.3 Å². The lowest BCUT2D eigenvalue weighted by atomic mass is 10.1. The maximum atomic E-state index is 12.9. The number of fused-ring (bicyclic) bond motifs is 1. The average Bonchev–Trinajstić information content (AvgIpc) is 2.67. The second kappa shape index (κ2) is 5.63. The molecule has 0 amide bonds. The molecule has 0 saturated carbocycles. The maximum absolute atomic E-state index is 12.9. The zero-order valence-corrected chi connectivity index (χ0v) is 11.2. The molecule has 0 radical (unpaired) electrons. The molecular formula is C14H19F2NO2. The zero-order valence-electron chi connectivity index (χ0n) is 11.2. The van der Waals surface area contributed by atoms with Crippen molar-refractivity contribution in [3.8, 4) is 11.5 Å². The SMILES string of the molecule is CCCCC(CC)Nc1ccc2c(c1)OC(F)(F)O2. The summed E-state index contributed by atoms with van der Waals surface area (Å²) in [6.07, 6.45) is 0.801. The van der Waals surface area contributed by atoms with Crippen LogP contribution in [0.1, 0.15) is 39.5 Å². The van der Waals surface area contributed by atoms with Crippen molar-refractivity contribution in [2.45, 2.75) is 51.9 Å². The fraction of sp³-hybridized carbons (Fsp3) is 0.571. The molecule has 0 aromatic heterocycles. The lowest BCUT2D eigenvalue weighted by molar-refractivity contribution is -0.286. The van der Waals surface area contributed by atoms with Gasteiger partial charge in [-0.3, -0.25) is 0 Å². The molecule has 1 aliphatic rings. The van der Waals surface area contributed by atoms with Crippen LogP contribution in [-0.2, 0) is 0 Å². The maximum Gasteiger partial charge on any atom is 0.586 e. The second-order valence-corrected chi connectivity index (χ2v) is 4.72. The van der Waals surface area contributed by atoms with Crippen LogP contribution in [0.3, 0.4) is 0 Å². The number of alkyl halides is 2. The first-order valence-corrected chi connectivity index (χ1v) is 6.70. The third-order valence-electron chi connectivity index (χ3n) is 3.17. The first-order valence-electron chi connectivity index (χ1n) is 6.70. The van der Waals surface area contributed by atoms with Gasteiger partial charge in [0.2, 0.25) is 0 Å². The van der Waals surface area contributed by atoms with E-state index < -0.39 is 6.29 Å². The lowest BCUT2D eigenvalue weighted by Gasteiger charge is -2.18. The molecule has 1 unspecified atom stereocenters. The predicted octanol–water partition coefficient (Wildman–Crippen LogP) is 4.39. The standard InChI is InChI=1S/C14H19F2NO2/c1-3-5-6-10(4-2)17-11-7-8-12-13(9-11)19-14(15,16)18-12/h7-10,17H,3-6H2,1-2H3. The van der Waals surface area contributed by atoms with Crippen molar-refractivity contribution in [2.24, 2.45) is 0 Å². The average molecular weight is 271 g/mol. The molecule has 3 nitrogen and oxygen atoms in total. The predicted molar refractivity (Wildman–Crippen MR) is 69.9 cm³/mol. The third kappa shape index (κ3) is 3.49. The summed E-state index contributed by atoms with van der Waals surface area (Å²) in [6.45, 7) is 4.25. The Morgan fingerprint density at radius 1 is 1.21 bits per heavy atom. The van der Waals surface area contributed by atoms with Crippen molar-refractivity contribution in [2.75, 3.05) is 5.32 Å². The van der Waals surface area contributed by atoms with Crippen LogP contribution in [0, 0.1) is 0 Å². The highest BCUT2D eigenvalue weighted by atomic mass is 19.3. The first-order chi connectivity index (χ1) is 9.04. The van der Waals surface area contributed by atoms with Gasteiger partial charge < -0.3 is 14.8 Å². The molecule has 0 spiro atoms. The minimum Gasteiger partial charge on any atom is -0.395 e. The number of rotatable bonds is 6. The highest BCUT2D eigenvalue weighted by Crippen LogP contribution is 2.42. The molecule has 1 atom stereocenters. The van der Waals surface area contributed by atoms with Gasteiger partial charge in [0.25, 0.3) is 0 Å². The molecule has 2 rings (SSSR count). The summed E-state index contributed by atoms with van der Waals surface area (Å²) < 4.78 is 34.6. The van der Waals surface area contributed by atoms with Crippen molar-refractivity contribution < 1.29 is 18.3 Å². The van der Waals surface area contributed by atoms with Gasteiger partial charge in [0.1, 0.15) is 0 Å². The minimum absolute atomic E-state index is 0.0807. The summed E-state index contributed by atoms with van der Waals surface area (Å²) >= 11 is 0. The van der Waals surface area contributed by atoms with Crippen molar-refractivity contribution in [1.82, 2.24) is 0 Å². The van der Waals surface area contributed by atoms with Gasteiger partial charge in [-0.05, 0) is 25.0 Å². The fourth-order valence-corrected chi connectivity index (χ4v) is 2.10. The quantitative estimate of drug-likeness (QED) is 0.832. The Balaban J connectivity index is 2.03. The number of hydrogen-bond donors (Lipinski definition) is 1. The van der Waals surface area contributed by atoms with Crippen molar-refractivity contribution in [1.29, 1.82) is 0 Å². The minimum atomic E-state index is -3.55. The van der Waals surface area contributed by atoms with E-state index in [4.69, 9.17) is 0 Å². The largest absolute Gasteiger partial charge is 0.586 e. The molecule has 19 heavy (non-hydrogen) atoms. The number of ether oxygens (including phenoxy) is 2. The van der Waals surface area contributed by atoms with Gasteiger partial charge in [0.05, 0.1) is 0 Å². The molecule has 0 aliphatic carbocycles. The Morgan fingerprint density at radius 3 is 2.63 bits per heavy atom. The van der Waals surface area contributed by atoms with Crippen LogP contribution in [0.15, 0.2) is 18.2 Å². The number of halogens is 2. The summed E-state index contributed by atoms with van der Waals surface area (Å²) in [5.74, 6) is 0.164. The molecule has 1 heterocycles. The molecule has 1 aliphatic heterocycles. The van der Waals surface area contributed by atoms with Crippen molar-refractivity contribution >= 4 is 5.69 Å².